The van der Waals surface area contributed by atoms with Crippen molar-refractivity contribution in [1.29, 1.82) is 0 Å². The molecule has 3 aromatic rings. The number of aryl methyl sites for hydroxylation is 1. The van der Waals surface area contributed by atoms with E-state index in [-0.39, 0.29) is 21.8 Å². The molecule has 0 radical (unpaired) electrons. The SMILES string of the molecule is Cn1ncc2cc(N)c(C(=O)c3cc(F)ccc3Cl)c(Br)c21. The highest BCUT2D eigenvalue weighted by atomic mass is 79.9. The van der Waals surface area contributed by atoms with Gasteiger partial charge in [0.2, 0.25) is 0 Å². The van der Waals surface area contributed by atoms with Gasteiger partial charge in [-0.15, -0.1) is 0 Å². The number of nitrogens with zero attached hydrogens (tertiary/aromatic N) is 2. The maximum absolute atomic E-state index is 13.4. The molecule has 3 rings (SSSR count). The maximum atomic E-state index is 13.4. The van der Waals surface area contributed by atoms with Crippen molar-refractivity contribution in [2.24, 2.45) is 7.05 Å². The molecule has 1 heterocycles. The molecule has 4 nitrogen and oxygen atoms in total. The Morgan fingerprint density at radius 1 is 1.41 bits per heavy atom. The third-order valence-corrected chi connectivity index (χ3v) is 4.50. The number of halogens is 3. The predicted molar refractivity (Wildman–Crippen MR) is 87.7 cm³/mol. The Hall–Kier alpha value is -1.92. The lowest BCUT2D eigenvalue weighted by Gasteiger charge is -2.11. The molecule has 0 aliphatic rings. The van der Waals surface area contributed by atoms with Crippen LogP contribution in [0.25, 0.3) is 10.9 Å². The van der Waals surface area contributed by atoms with Crippen LogP contribution in [0.3, 0.4) is 0 Å². The van der Waals surface area contributed by atoms with Gasteiger partial charge >= 0.3 is 0 Å². The molecule has 1 aromatic heterocycles. The smallest absolute Gasteiger partial charge is 0.197 e. The van der Waals surface area contributed by atoms with Crippen LogP contribution in [0.4, 0.5) is 10.1 Å². The first kappa shape index (κ1) is 15.0. The zero-order valence-corrected chi connectivity index (χ0v) is 13.7. The summed E-state index contributed by atoms with van der Waals surface area (Å²) in [5.41, 5.74) is 7.31. The van der Waals surface area contributed by atoms with E-state index in [9.17, 15) is 9.18 Å². The average molecular weight is 383 g/mol. The van der Waals surface area contributed by atoms with E-state index >= 15 is 0 Å². The van der Waals surface area contributed by atoms with Crippen LogP contribution in [-0.4, -0.2) is 15.6 Å². The van der Waals surface area contributed by atoms with Crippen molar-refractivity contribution in [2.45, 2.75) is 0 Å². The number of rotatable bonds is 2. The number of carbonyl (C=O) groups is 1. The summed E-state index contributed by atoms with van der Waals surface area (Å²) < 4.78 is 15.6. The van der Waals surface area contributed by atoms with Crippen molar-refractivity contribution in [3.05, 3.63) is 56.9 Å². The summed E-state index contributed by atoms with van der Waals surface area (Å²) in [6, 6.07) is 5.30. The van der Waals surface area contributed by atoms with Crippen molar-refractivity contribution in [3.8, 4) is 0 Å². The van der Waals surface area contributed by atoms with E-state index in [0.29, 0.717) is 4.47 Å². The summed E-state index contributed by atoms with van der Waals surface area (Å²) in [5.74, 6) is -0.985. The second kappa shape index (κ2) is 5.37. The van der Waals surface area contributed by atoms with Crippen LogP contribution >= 0.6 is 27.5 Å². The van der Waals surface area contributed by atoms with Gasteiger partial charge in [0.05, 0.1) is 26.8 Å². The van der Waals surface area contributed by atoms with Gasteiger partial charge in [-0.1, -0.05) is 11.6 Å². The second-order valence-corrected chi connectivity index (χ2v) is 6.01. The van der Waals surface area contributed by atoms with Gasteiger partial charge < -0.3 is 5.73 Å². The maximum Gasteiger partial charge on any atom is 0.197 e. The molecule has 0 amide bonds. The Labute approximate surface area is 138 Å². The zero-order valence-electron chi connectivity index (χ0n) is 11.4. The minimum Gasteiger partial charge on any atom is -0.398 e. The minimum absolute atomic E-state index is 0.0654. The van der Waals surface area contributed by atoms with Crippen LogP contribution in [0, 0.1) is 5.82 Å². The van der Waals surface area contributed by atoms with Gasteiger partial charge in [0.1, 0.15) is 5.82 Å². The molecule has 0 aliphatic heterocycles. The van der Waals surface area contributed by atoms with E-state index in [1.165, 1.54) is 12.1 Å². The Morgan fingerprint density at radius 3 is 2.86 bits per heavy atom. The van der Waals surface area contributed by atoms with Gasteiger partial charge in [0.25, 0.3) is 0 Å². The monoisotopic (exact) mass is 381 g/mol. The number of hydrogen-bond acceptors (Lipinski definition) is 3. The van der Waals surface area contributed by atoms with Crippen LogP contribution in [0.1, 0.15) is 15.9 Å². The molecule has 0 atom stereocenters. The summed E-state index contributed by atoms with van der Waals surface area (Å²) in [5, 5.41) is 5.11. The van der Waals surface area contributed by atoms with E-state index in [0.717, 1.165) is 17.0 Å². The third-order valence-electron chi connectivity index (χ3n) is 3.39. The number of aromatic nitrogens is 2. The molecule has 0 bridgehead atoms. The molecule has 0 fully saturated rings. The highest BCUT2D eigenvalue weighted by molar-refractivity contribution is 9.10. The van der Waals surface area contributed by atoms with E-state index in [1.807, 2.05) is 0 Å². The lowest BCUT2D eigenvalue weighted by molar-refractivity contribution is 0.103. The van der Waals surface area contributed by atoms with Crippen molar-refractivity contribution in [2.75, 3.05) is 5.73 Å². The molecule has 112 valence electrons. The zero-order chi connectivity index (χ0) is 16.0. The molecule has 7 heteroatoms. The summed E-state index contributed by atoms with van der Waals surface area (Å²) in [4.78, 5) is 12.7. The summed E-state index contributed by atoms with van der Waals surface area (Å²) in [6.07, 6.45) is 1.65. The summed E-state index contributed by atoms with van der Waals surface area (Å²) >= 11 is 9.42. The number of nitrogen functional groups attached to an aromatic ring is 1. The van der Waals surface area contributed by atoms with Gasteiger partial charge in [-0.3, -0.25) is 9.48 Å². The highest BCUT2D eigenvalue weighted by Crippen LogP contribution is 2.34. The Bertz CT molecular complexity index is 923. The van der Waals surface area contributed by atoms with Crippen molar-refractivity contribution < 1.29 is 9.18 Å². The molecule has 22 heavy (non-hydrogen) atoms. The summed E-state index contributed by atoms with van der Waals surface area (Å²) in [7, 11) is 1.76. The normalized spacial score (nSPS) is 11.1. The molecule has 2 N–H and O–H groups in total. The largest absolute Gasteiger partial charge is 0.398 e. The lowest BCUT2D eigenvalue weighted by atomic mass is 10.00. The molecule has 2 aromatic carbocycles. The van der Waals surface area contributed by atoms with Crippen molar-refractivity contribution in [3.63, 3.8) is 0 Å². The van der Waals surface area contributed by atoms with E-state index < -0.39 is 11.6 Å². The number of fused-ring (bicyclic) bond motifs is 1. The number of anilines is 1. The molecule has 0 aliphatic carbocycles. The van der Waals surface area contributed by atoms with Gasteiger partial charge in [-0.05, 0) is 40.2 Å². The predicted octanol–water partition coefficient (Wildman–Crippen LogP) is 3.94. The fraction of sp³-hybridized carbons (Fsp3) is 0.0667. The number of benzene rings is 2. The number of hydrogen-bond donors (Lipinski definition) is 1. The number of nitrogens with two attached hydrogens (primary N) is 1. The topological polar surface area (TPSA) is 60.9 Å². The first-order valence-electron chi connectivity index (χ1n) is 6.29. The first-order chi connectivity index (χ1) is 10.4. The second-order valence-electron chi connectivity index (χ2n) is 4.81. The Balaban J connectivity index is 2.27. The van der Waals surface area contributed by atoms with E-state index in [1.54, 1.807) is 24.0 Å². The number of carbonyl (C=O) groups excluding carboxylic acids is 1. The fourth-order valence-electron chi connectivity index (χ4n) is 2.35. The third kappa shape index (κ3) is 2.28. The Morgan fingerprint density at radius 2 is 2.14 bits per heavy atom. The van der Waals surface area contributed by atoms with E-state index in [4.69, 9.17) is 17.3 Å². The Kier molecular flexibility index (Phi) is 3.66. The fourth-order valence-corrected chi connectivity index (χ4v) is 3.45. The van der Waals surface area contributed by atoms with Gasteiger partial charge in [-0.2, -0.15) is 5.10 Å². The van der Waals surface area contributed by atoms with Crippen LogP contribution < -0.4 is 5.73 Å². The quantitative estimate of drug-likeness (QED) is 0.539. The number of ketones is 1. The molecule has 0 saturated heterocycles. The van der Waals surface area contributed by atoms with Crippen LogP contribution in [0.15, 0.2) is 34.9 Å². The average Bonchev–Trinajstić information content (AvgIpc) is 2.82. The molecular weight excluding hydrogens is 373 g/mol. The van der Waals surface area contributed by atoms with Gasteiger partial charge in [-0.25, -0.2) is 4.39 Å². The van der Waals surface area contributed by atoms with Crippen LogP contribution in [0.5, 0.6) is 0 Å². The minimum atomic E-state index is -0.538. The van der Waals surface area contributed by atoms with Crippen LogP contribution in [0.2, 0.25) is 5.02 Å². The van der Waals surface area contributed by atoms with Gasteiger partial charge in [0.15, 0.2) is 5.78 Å². The molecule has 0 spiro atoms. The van der Waals surface area contributed by atoms with Crippen LogP contribution in [-0.2, 0) is 7.05 Å². The highest BCUT2D eigenvalue weighted by Gasteiger charge is 2.22. The lowest BCUT2D eigenvalue weighted by Crippen LogP contribution is -2.08. The van der Waals surface area contributed by atoms with Crippen molar-refractivity contribution >= 4 is 49.9 Å². The molecule has 0 unspecified atom stereocenters. The first-order valence-corrected chi connectivity index (χ1v) is 7.46. The molecule has 0 saturated carbocycles. The van der Waals surface area contributed by atoms with E-state index in [2.05, 4.69) is 21.0 Å². The van der Waals surface area contributed by atoms with Crippen molar-refractivity contribution in [1.82, 2.24) is 9.78 Å². The van der Waals surface area contributed by atoms with Gasteiger partial charge in [0, 0.05) is 23.7 Å². The standard InChI is InChI=1S/C15H10BrClFN3O/c1-21-14-7(6-20-21)4-11(19)12(13(14)16)15(22)9-5-8(18)2-3-10(9)17/h2-6H,19H2,1H3. The molecular formula is C15H10BrClFN3O. The summed E-state index contributed by atoms with van der Waals surface area (Å²) in [6.45, 7) is 0.